The van der Waals surface area contributed by atoms with Crippen LogP contribution in [-0.4, -0.2) is 41.2 Å². The van der Waals surface area contributed by atoms with Crippen LogP contribution in [0, 0.1) is 6.92 Å². The molecule has 7 nitrogen and oxygen atoms in total. The zero-order valence-electron chi connectivity index (χ0n) is 18.2. The smallest absolute Gasteiger partial charge is 0.329 e. The highest BCUT2D eigenvalue weighted by Gasteiger charge is 2.47. The Morgan fingerprint density at radius 1 is 0.941 bits per heavy atom. The number of hydrogen-bond acceptors (Lipinski definition) is 5. The van der Waals surface area contributed by atoms with Gasteiger partial charge in [-0.3, -0.25) is 19.3 Å². The first-order chi connectivity index (χ1) is 16.1. The molecule has 0 radical (unpaired) electrons. The molecule has 0 fully saturated rings. The van der Waals surface area contributed by atoms with Crippen molar-refractivity contribution in [1.82, 2.24) is 4.90 Å². The van der Waals surface area contributed by atoms with Crippen molar-refractivity contribution in [2.24, 2.45) is 0 Å². The van der Waals surface area contributed by atoms with E-state index in [4.69, 9.17) is 51.1 Å². The van der Waals surface area contributed by atoms with Crippen molar-refractivity contribution in [2.45, 2.75) is 39.2 Å². The number of amides is 3. The summed E-state index contributed by atoms with van der Waals surface area (Å²) >= 11 is 24.4. The average Bonchev–Trinajstić information content (AvgIpc) is 3.07. The van der Waals surface area contributed by atoms with Crippen molar-refractivity contribution >= 4 is 75.8 Å². The number of ether oxygens (including phenoxy) is 1. The van der Waals surface area contributed by atoms with Gasteiger partial charge in [-0.15, -0.1) is 0 Å². The molecule has 0 bridgehead atoms. The molecule has 1 heterocycles. The lowest BCUT2D eigenvalue weighted by atomic mass is 10.1. The van der Waals surface area contributed by atoms with Gasteiger partial charge in [0.1, 0.15) is 6.04 Å². The van der Waals surface area contributed by atoms with Crippen LogP contribution in [0.15, 0.2) is 24.3 Å². The number of benzene rings is 2. The number of esters is 1. The molecule has 1 atom stereocenters. The first-order valence-corrected chi connectivity index (χ1v) is 11.9. The molecule has 3 amide bonds. The molecule has 0 saturated carbocycles. The van der Waals surface area contributed by atoms with Gasteiger partial charge in [-0.05, 0) is 25.5 Å². The van der Waals surface area contributed by atoms with E-state index in [2.05, 4.69) is 5.32 Å². The van der Waals surface area contributed by atoms with Crippen LogP contribution in [0.4, 0.5) is 5.69 Å². The first-order valence-electron chi connectivity index (χ1n) is 10.3. The van der Waals surface area contributed by atoms with Gasteiger partial charge >= 0.3 is 5.97 Å². The number of rotatable bonds is 8. The number of hydrogen-bond donors (Lipinski definition) is 1. The fraction of sp³-hybridized carbons (Fsp3) is 0.304. The Morgan fingerprint density at radius 3 is 1.97 bits per heavy atom. The summed E-state index contributed by atoms with van der Waals surface area (Å²) in [6, 6.07) is 5.77. The Kier molecular flexibility index (Phi) is 8.47. The van der Waals surface area contributed by atoms with E-state index in [9.17, 15) is 19.2 Å². The molecule has 1 aliphatic rings. The molecule has 2 aromatic carbocycles. The Labute approximate surface area is 216 Å². The number of nitrogens with zero attached hydrogens (tertiary/aromatic N) is 1. The van der Waals surface area contributed by atoms with Crippen molar-refractivity contribution in [3.8, 4) is 0 Å². The van der Waals surface area contributed by atoms with Crippen LogP contribution in [0.5, 0.6) is 0 Å². The first kappa shape index (κ1) is 26.3. The minimum absolute atomic E-state index is 0.122. The normalized spacial score (nSPS) is 13.6. The molecule has 0 saturated heterocycles. The van der Waals surface area contributed by atoms with Crippen molar-refractivity contribution < 1.29 is 23.9 Å². The number of fused-ring (bicyclic) bond motifs is 1. The molecule has 180 valence electrons. The lowest BCUT2D eigenvalue weighted by molar-refractivity contribution is -0.151. The number of halogens is 4. The van der Waals surface area contributed by atoms with Crippen LogP contribution in [0.2, 0.25) is 20.1 Å². The van der Waals surface area contributed by atoms with E-state index in [-0.39, 0.29) is 37.6 Å². The van der Waals surface area contributed by atoms with Gasteiger partial charge in [-0.1, -0.05) is 83.9 Å². The highest BCUT2D eigenvalue weighted by molar-refractivity contribution is 6.55. The number of aryl methyl sites for hydroxylation is 1. The number of imide groups is 1. The summed E-state index contributed by atoms with van der Waals surface area (Å²) in [5, 5.41) is 1.81. The molecule has 0 aliphatic carbocycles. The van der Waals surface area contributed by atoms with E-state index in [0.29, 0.717) is 18.5 Å². The predicted molar refractivity (Wildman–Crippen MR) is 131 cm³/mol. The standard InChI is InChI=1S/C23H20Cl4N2O5/c1-3-4-5-13(23(33)34-10-14(30)28-12-8-6-11(2)7-9-12)29-21(31)15-16(22(29)32)18(25)20(27)19(26)17(15)24/h6-9,13H,3-5,10H2,1-2H3,(H,28,30)/t13-/m0/s1. The maximum absolute atomic E-state index is 13.1. The molecule has 0 spiro atoms. The number of carbonyl (C=O) groups is 4. The molecule has 0 aromatic heterocycles. The maximum atomic E-state index is 13.1. The summed E-state index contributed by atoms with van der Waals surface area (Å²) in [4.78, 5) is 52.2. The largest absolute Gasteiger partial charge is 0.454 e. The van der Waals surface area contributed by atoms with Gasteiger partial charge in [0.25, 0.3) is 17.7 Å². The summed E-state index contributed by atoms with van der Waals surface area (Å²) in [6.07, 6.45) is 1.31. The van der Waals surface area contributed by atoms with E-state index in [0.717, 1.165) is 10.5 Å². The van der Waals surface area contributed by atoms with E-state index in [1.165, 1.54) is 0 Å². The summed E-state index contributed by atoms with van der Waals surface area (Å²) in [5.41, 5.74) is 1.11. The van der Waals surface area contributed by atoms with E-state index < -0.39 is 36.3 Å². The second-order valence-corrected chi connectivity index (χ2v) is 9.18. The lowest BCUT2D eigenvalue weighted by Gasteiger charge is -2.24. The molecule has 0 unspecified atom stereocenters. The highest BCUT2D eigenvalue weighted by atomic mass is 35.5. The minimum Gasteiger partial charge on any atom is -0.454 e. The quantitative estimate of drug-likeness (QED) is 0.191. The molecular formula is C23H20Cl4N2O5. The Morgan fingerprint density at radius 2 is 1.47 bits per heavy atom. The van der Waals surface area contributed by atoms with Crippen LogP contribution in [0.3, 0.4) is 0 Å². The molecule has 1 N–H and O–H groups in total. The highest BCUT2D eigenvalue weighted by Crippen LogP contribution is 2.45. The minimum atomic E-state index is -1.29. The fourth-order valence-corrected chi connectivity index (χ4v) is 4.48. The summed E-state index contributed by atoms with van der Waals surface area (Å²) in [6.45, 7) is 3.19. The third kappa shape index (κ3) is 5.18. The summed E-state index contributed by atoms with van der Waals surface area (Å²) in [7, 11) is 0. The SMILES string of the molecule is CCCC[C@@H](C(=O)OCC(=O)Nc1ccc(C)cc1)N1C(=O)c2c(Cl)c(Cl)c(Cl)c(Cl)c2C1=O. The zero-order chi connectivity index (χ0) is 25.2. The Hall–Kier alpha value is -2.32. The maximum Gasteiger partial charge on any atom is 0.329 e. The average molecular weight is 546 g/mol. The van der Waals surface area contributed by atoms with Gasteiger partial charge in [0, 0.05) is 5.69 Å². The second-order valence-electron chi connectivity index (χ2n) is 7.67. The summed E-state index contributed by atoms with van der Waals surface area (Å²) < 4.78 is 5.16. The monoisotopic (exact) mass is 544 g/mol. The zero-order valence-corrected chi connectivity index (χ0v) is 21.2. The van der Waals surface area contributed by atoms with E-state index >= 15 is 0 Å². The van der Waals surface area contributed by atoms with Crippen LogP contribution in [-0.2, 0) is 14.3 Å². The fourth-order valence-electron chi connectivity index (χ4n) is 3.47. The third-order valence-corrected chi connectivity index (χ3v) is 7.03. The number of unbranched alkanes of at least 4 members (excludes halogenated alkanes) is 1. The van der Waals surface area contributed by atoms with E-state index in [1.807, 2.05) is 26.0 Å². The Bertz CT molecular complexity index is 1120. The molecule has 2 aromatic rings. The van der Waals surface area contributed by atoms with Crippen LogP contribution < -0.4 is 5.32 Å². The van der Waals surface area contributed by atoms with Crippen LogP contribution in [0.25, 0.3) is 0 Å². The van der Waals surface area contributed by atoms with Crippen molar-refractivity contribution in [1.29, 1.82) is 0 Å². The molecule has 1 aliphatic heterocycles. The molecule has 3 rings (SSSR count). The topological polar surface area (TPSA) is 92.8 Å². The van der Waals surface area contributed by atoms with Crippen molar-refractivity contribution in [2.75, 3.05) is 11.9 Å². The van der Waals surface area contributed by atoms with Gasteiger partial charge < -0.3 is 10.1 Å². The van der Waals surface area contributed by atoms with Crippen molar-refractivity contribution in [3.63, 3.8) is 0 Å². The van der Waals surface area contributed by atoms with Gasteiger partial charge in [0.05, 0.1) is 31.2 Å². The van der Waals surface area contributed by atoms with Gasteiger partial charge in [0.2, 0.25) is 0 Å². The molecule has 34 heavy (non-hydrogen) atoms. The number of anilines is 1. The summed E-state index contributed by atoms with van der Waals surface area (Å²) in [5.74, 6) is -3.16. The van der Waals surface area contributed by atoms with E-state index in [1.54, 1.807) is 12.1 Å². The van der Waals surface area contributed by atoms with Gasteiger partial charge in [-0.25, -0.2) is 4.79 Å². The van der Waals surface area contributed by atoms with Gasteiger partial charge in [-0.2, -0.15) is 0 Å². The lowest BCUT2D eigenvalue weighted by Crippen LogP contribution is -2.46. The molecular weight excluding hydrogens is 526 g/mol. The third-order valence-electron chi connectivity index (χ3n) is 5.23. The second kappa shape index (κ2) is 11.0. The van der Waals surface area contributed by atoms with Crippen LogP contribution in [0.1, 0.15) is 52.5 Å². The molecule has 11 heteroatoms. The van der Waals surface area contributed by atoms with Crippen molar-refractivity contribution in [3.05, 3.63) is 61.0 Å². The Balaban J connectivity index is 1.80. The number of carbonyl (C=O) groups excluding carboxylic acids is 4. The number of nitrogens with one attached hydrogen (secondary N) is 1. The van der Waals surface area contributed by atoms with Crippen LogP contribution >= 0.6 is 46.4 Å². The van der Waals surface area contributed by atoms with Gasteiger partial charge in [0.15, 0.2) is 6.61 Å². The predicted octanol–water partition coefficient (Wildman–Crippen LogP) is 5.95.